The number of benzene rings is 1. The highest BCUT2D eigenvalue weighted by molar-refractivity contribution is 5.85. The Morgan fingerprint density at radius 2 is 1.77 bits per heavy atom. The van der Waals surface area contributed by atoms with Gasteiger partial charge in [0.15, 0.2) is 0 Å². The fraction of sp³-hybridized carbons (Fsp3) is 0.400. The Hall–Kier alpha value is -2.11. The molecule has 26 heavy (non-hydrogen) atoms. The van der Waals surface area contributed by atoms with Crippen molar-refractivity contribution >= 4 is 12.4 Å². The number of rotatable bonds is 6. The highest BCUT2D eigenvalue weighted by Gasteiger charge is 2.14. The van der Waals surface area contributed by atoms with Crippen molar-refractivity contribution in [1.29, 1.82) is 0 Å². The Labute approximate surface area is 160 Å². The first-order valence-electron chi connectivity index (χ1n) is 9.23. The van der Waals surface area contributed by atoms with Crippen molar-refractivity contribution in [3.63, 3.8) is 0 Å². The second kappa shape index (κ2) is 9.01. The Morgan fingerprint density at radius 1 is 0.962 bits per heavy atom. The number of imidazole rings is 1. The maximum absolute atomic E-state index is 4.39. The largest absolute Gasteiger partial charge is 0.330 e. The van der Waals surface area contributed by atoms with Gasteiger partial charge in [0.25, 0.3) is 0 Å². The summed E-state index contributed by atoms with van der Waals surface area (Å²) in [5, 5.41) is 7.42. The van der Waals surface area contributed by atoms with Crippen LogP contribution in [-0.4, -0.2) is 44.3 Å². The minimum atomic E-state index is 0. The first kappa shape index (κ1) is 18.7. The molecule has 0 atom stereocenters. The molecule has 0 spiro atoms. The predicted molar refractivity (Wildman–Crippen MR) is 107 cm³/mol. The number of piperidine rings is 1. The van der Waals surface area contributed by atoms with Crippen LogP contribution in [0.1, 0.15) is 25.7 Å². The molecule has 0 bridgehead atoms. The van der Waals surface area contributed by atoms with Crippen molar-refractivity contribution in [3.8, 4) is 22.5 Å². The third kappa shape index (κ3) is 4.17. The van der Waals surface area contributed by atoms with E-state index in [2.05, 4.69) is 48.9 Å². The molecule has 1 aliphatic rings. The van der Waals surface area contributed by atoms with E-state index in [0.717, 1.165) is 35.5 Å². The number of nitrogens with zero attached hydrogens (tertiary/aromatic N) is 4. The summed E-state index contributed by atoms with van der Waals surface area (Å²) in [4.78, 5) is 6.98. The first-order chi connectivity index (χ1) is 12.4. The van der Waals surface area contributed by atoms with Crippen LogP contribution in [-0.2, 0) is 6.54 Å². The van der Waals surface area contributed by atoms with E-state index in [9.17, 15) is 0 Å². The highest BCUT2D eigenvalue weighted by atomic mass is 35.5. The monoisotopic (exact) mass is 371 g/mol. The maximum Gasteiger partial charge on any atom is 0.0950 e. The van der Waals surface area contributed by atoms with Gasteiger partial charge in [0.1, 0.15) is 0 Å². The minimum absolute atomic E-state index is 0. The van der Waals surface area contributed by atoms with Gasteiger partial charge in [-0.2, -0.15) is 5.10 Å². The van der Waals surface area contributed by atoms with E-state index in [1.807, 2.05) is 24.8 Å². The van der Waals surface area contributed by atoms with Crippen molar-refractivity contribution in [2.24, 2.45) is 0 Å². The molecule has 0 saturated carbocycles. The van der Waals surface area contributed by atoms with Gasteiger partial charge >= 0.3 is 0 Å². The van der Waals surface area contributed by atoms with E-state index in [4.69, 9.17) is 0 Å². The summed E-state index contributed by atoms with van der Waals surface area (Å²) in [6, 6.07) is 10.3. The summed E-state index contributed by atoms with van der Waals surface area (Å²) in [6.45, 7) is 4.69. The van der Waals surface area contributed by atoms with Gasteiger partial charge in [-0.05, 0) is 38.9 Å². The zero-order chi connectivity index (χ0) is 16.9. The third-order valence-electron chi connectivity index (χ3n) is 5.01. The van der Waals surface area contributed by atoms with Crippen LogP contribution in [0, 0.1) is 0 Å². The van der Waals surface area contributed by atoms with Crippen LogP contribution in [0.5, 0.6) is 0 Å². The quantitative estimate of drug-likeness (QED) is 0.705. The number of hydrogen-bond acceptors (Lipinski definition) is 3. The molecule has 6 heteroatoms. The summed E-state index contributed by atoms with van der Waals surface area (Å²) >= 11 is 0. The number of likely N-dealkylation sites (tertiary alicyclic amines) is 1. The van der Waals surface area contributed by atoms with Gasteiger partial charge in [-0.15, -0.1) is 12.4 Å². The summed E-state index contributed by atoms with van der Waals surface area (Å²) < 4.78 is 2.25. The van der Waals surface area contributed by atoms with E-state index in [-0.39, 0.29) is 12.4 Å². The van der Waals surface area contributed by atoms with Crippen molar-refractivity contribution in [2.45, 2.75) is 32.2 Å². The summed E-state index contributed by atoms with van der Waals surface area (Å²) in [6.07, 6.45) is 11.0. The molecular weight excluding hydrogens is 346 g/mol. The lowest BCUT2D eigenvalue weighted by Gasteiger charge is -2.26. The van der Waals surface area contributed by atoms with Crippen LogP contribution in [0.3, 0.4) is 0 Å². The standard InChI is InChI=1S/C20H25N5.ClH/c1-3-8-17(9-4-1)20-18(14-22-23-20)19-15-21-16-25(19)13-7-12-24-10-5-2-6-11-24;/h1,3-4,8-9,14-16H,2,5-7,10-13H2,(H,22,23);1H. The Bertz CT molecular complexity index is 789. The average Bonchev–Trinajstić information content (AvgIpc) is 3.32. The molecule has 1 saturated heterocycles. The number of H-pyrrole nitrogens is 1. The molecule has 1 aromatic carbocycles. The van der Waals surface area contributed by atoms with Crippen molar-refractivity contribution in [3.05, 3.63) is 49.1 Å². The van der Waals surface area contributed by atoms with Crippen molar-refractivity contribution in [1.82, 2.24) is 24.6 Å². The molecule has 1 fully saturated rings. The molecule has 0 radical (unpaired) electrons. The molecular formula is C20H26ClN5. The number of aryl methyl sites for hydroxylation is 1. The SMILES string of the molecule is Cl.c1ccc(-c2[nH]ncc2-c2cncn2CCCN2CCCCC2)cc1. The minimum Gasteiger partial charge on any atom is -0.330 e. The molecule has 3 aromatic rings. The van der Waals surface area contributed by atoms with Gasteiger partial charge < -0.3 is 9.47 Å². The van der Waals surface area contributed by atoms with Crippen LogP contribution >= 0.6 is 12.4 Å². The Kier molecular flexibility index (Phi) is 6.47. The smallest absolute Gasteiger partial charge is 0.0950 e. The zero-order valence-corrected chi connectivity index (χ0v) is 15.8. The normalized spacial score (nSPS) is 14.9. The summed E-state index contributed by atoms with van der Waals surface area (Å²) in [7, 11) is 0. The van der Waals surface area contributed by atoms with Gasteiger partial charge in [-0.25, -0.2) is 4.98 Å². The molecule has 2 aromatic heterocycles. The van der Waals surface area contributed by atoms with Crippen molar-refractivity contribution in [2.75, 3.05) is 19.6 Å². The van der Waals surface area contributed by atoms with Crippen LogP contribution < -0.4 is 0 Å². The Morgan fingerprint density at radius 3 is 2.58 bits per heavy atom. The molecule has 1 aliphatic heterocycles. The lowest BCUT2D eigenvalue weighted by atomic mass is 10.1. The van der Waals surface area contributed by atoms with Gasteiger partial charge in [0.05, 0.1) is 30.1 Å². The molecule has 138 valence electrons. The van der Waals surface area contributed by atoms with E-state index < -0.39 is 0 Å². The van der Waals surface area contributed by atoms with Crippen LogP contribution in [0.15, 0.2) is 49.1 Å². The van der Waals surface area contributed by atoms with Gasteiger partial charge in [-0.3, -0.25) is 5.10 Å². The fourth-order valence-corrected chi connectivity index (χ4v) is 3.68. The molecule has 3 heterocycles. The first-order valence-corrected chi connectivity index (χ1v) is 9.23. The topological polar surface area (TPSA) is 49.7 Å². The number of hydrogen-bond donors (Lipinski definition) is 1. The van der Waals surface area contributed by atoms with Crippen LogP contribution in [0.25, 0.3) is 22.5 Å². The van der Waals surface area contributed by atoms with E-state index in [1.165, 1.54) is 38.9 Å². The molecule has 1 N–H and O–H groups in total. The van der Waals surface area contributed by atoms with E-state index >= 15 is 0 Å². The fourth-order valence-electron chi connectivity index (χ4n) is 3.68. The number of aromatic nitrogens is 4. The molecule has 5 nitrogen and oxygen atoms in total. The lowest BCUT2D eigenvalue weighted by Crippen LogP contribution is -2.31. The predicted octanol–water partition coefficient (Wildman–Crippen LogP) is 4.24. The lowest BCUT2D eigenvalue weighted by molar-refractivity contribution is 0.223. The maximum atomic E-state index is 4.39. The molecule has 0 unspecified atom stereocenters. The number of halogens is 1. The van der Waals surface area contributed by atoms with Crippen molar-refractivity contribution < 1.29 is 0 Å². The van der Waals surface area contributed by atoms with Gasteiger partial charge in [0, 0.05) is 17.7 Å². The van der Waals surface area contributed by atoms with E-state index in [1.54, 1.807) is 0 Å². The number of aromatic amines is 1. The average molecular weight is 372 g/mol. The molecule has 0 amide bonds. The zero-order valence-electron chi connectivity index (χ0n) is 15.0. The summed E-state index contributed by atoms with van der Waals surface area (Å²) in [5.74, 6) is 0. The van der Waals surface area contributed by atoms with E-state index in [0.29, 0.717) is 0 Å². The second-order valence-corrected chi connectivity index (χ2v) is 6.75. The van der Waals surface area contributed by atoms with Gasteiger partial charge in [-0.1, -0.05) is 36.8 Å². The molecule has 4 rings (SSSR count). The highest BCUT2D eigenvalue weighted by Crippen LogP contribution is 2.29. The number of nitrogens with one attached hydrogen (secondary N) is 1. The van der Waals surface area contributed by atoms with Crippen LogP contribution in [0.2, 0.25) is 0 Å². The second-order valence-electron chi connectivity index (χ2n) is 6.75. The van der Waals surface area contributed by atoms with Crippen LogP contribution in [0.4, 0.5) is 0 Å². The third-order valence-corrected chi connectivity index (χ3v) is 5.01. The molecule has 0 aliphatic carbocycles. The Balaban J connectivity index is 0.00000196. The van der Waals surface area contributed by atoms with Gasteiger partial charge in [0.2, 0.25) is 0 Å². The summed E-state index contributed by atoms with van der Waals surface area (Å²) in [5.41, 5.74) is 4.45.